The van der Waals surface area contributed by atoms with Crippen molar-refractivity contribution in [2.45, 2.75) is 6.42 Å². The van der Waals surface area contributed by atoms with Gasteiger partial charge in [-0.15, -0.1) is 0 Å². The van der Waals surface area contributed by atoms with Crippen LogP contribution >= 0.6 is 0 Å². The molecule has 0 unspecified atom stereocenters. The fourth-order valence-electron chi connectivity index (χ4n) is 1.53. The summed E-state index contributed by atoms with van der Waals surface area (Å²) in [6.07, 6.45) is 0.685. The Hall–Kier alpha value is -2.15. The lowest BCUT2D eigenvalue weighted by molar-refractivity contribution is 0.0692. The predicted octanol–water partition coefficient (Wildman–Crippen LogP) is 2.02. The topological polar surface area (TPSA) is 78.9 Å². The summed E-state index contributed by atoms with van der Waals surface area (Å²) in [5.41, 5.74) is -0.253. The molecule has 0 saturated heterocycles. The highest BCUT2D eigenvalue weighted by atomic mass is 19.1. The minimum absolute atomic E-state index is 0.229. The molecular formula is C13H17FN2O4. The third kappa shape index (κ3) is 4.51. The molecule has 110 valence electrons. The predicted molar refractivity (Wildman–Crippen MR) is 71.5 cm³/mol. The SMILES string of the molecule is COCCCN(C)C(=O)Nc1ccc(F)c(C(=O)O)c1. The van der Waals surface area contributed by atoms with Gasteiger partial charge in [0.15, 0.2) is 0 Å². The van der Waals surface area contributed by atoms with Gasteiger partial charge < -0.3 is 20.1 Å². The van der Waals surface area contributed by atoms with Crippen LogP contribution in [0, 0.1) is 5.82 Å². The van der Waals surface area contributed by atoms with E-state index in [-0.39, 0.29) is 5.69 Å². The number of methoxy groups -OCH3 is 1. The monoisotopic (exact) mass is 284 g/mol. The van der Waals surface area contributed by atoms with Gasteiger partial charge >= 0.3 is 12.0 Å². The number of benzene rings is 1. The van der Waals surface area contributed by atoms with Crippen molar-refractivity contribution in [3.8, 4) is 0 Å². The van der Waals surface area contributed by atoms with Crippen LogP contribution in [0.3, 0.4) is 0 Å². The number of carboxylic acid groups (broad SMARTS) is 1. The molecule has 1 aromatic carbocycles. The van der Waals surface area contributed by atoms with Gasteiger partial charge in [0.05, 0.1) is 5.56 Å². The Kier molecular flexibility index (Phi) is 5.92. The summed E-state index contributed by atoms with van der Waals surface area (Å²) in [6, 6.07) is 3.00. The lowest BCUT2D eigenvalue weighted by Gasteiger charge is -2.17. The molecule has 6 nitrogen and oxygen atoms in total. The Labute approximate surface area is 116 Å². The molecule has 0 saturated carbocycles. The van der Waals surface area contributed by atoms with Crippen LogP contribution in [-0.2, 0) is 4.74 Å². The zero-order chi connectivity index (χ0) is 15.1. The van der Waals surface area contributed by atoms with E-state index < -0.39 is 23.4 Å². The number of urea groups is 1. The fraction of sp³-hybridized carbons (Fsp3) is 0.385. The van der Waals surface area contributed by atoms with Gasteiger partial charge in [-0.05, 0) is 24.6 Å². The summed E-state index contributed by atoms with van der Waals surface area (Å²) in [7, 11) is 3.18. The van der Waals surface area contributed by atoms with E-state index in [4.69, 9.17) is 9.84 Å². The van der Waals surface area contributed by atoms with E-state index >= 15 is 0 Å². The molecule has 0 radical (unpaired) electrons. The van der Waals surface area contributed by atoms with E-state index in [9.17, 15) is 14.0 Å². The summed E-state index contributed by atoms with van der Waals surface area (Å²) >= 11 is 0. The van der Waals surface area contributed by atoms with Gasteiger partial charge in [-0.3, -0.25) is 0 Å². The second-order valence-electron chi connectivity index (χ2n) is 4.20. The number of nitrogens with zero attached hydrogens (tertiary/aromatic N) is 1. The molecule has 0 spiro atoms. The van der Waals surface area contributed by atoms with Gasteiger partial charge in [0.25, 0.3) is 0 Å². The van der Waals surface area contributed by atoms with Crippen LogP contribution in [0.1, 0.15) is 16.8 Å². The molecule has 0 aliphatic rings. The number of nitrogens with one attached hydrogen (secondary N) is 1. The van der Waals surface area contributed by atoms with Crippen molar-refractivity contribution >= 4 is 17.7 Å². The lowest BCUT2D eigenvalue weighted by atomic mass is 10.2. The van der Waals surface area contributed by atoms with Gasteiger partial charge in [-0.1, -0.05) is 0 Å². The lowest BCUT2D eigenvalue weighted by Crippen LogP contribution is -2.32. The van der Waals surface area contributed by atoms with E-state index in [1.807, 2.05) is 0 Å². The first-order valence-corrected chi connectivity index (χ1v) is 5.99. The van der Waals surface area contributed by atoms with E-state index in [1.165, 1.54) is 11.0 Å². The Morgan fingerprint density at radius 1 is 1.45 bits per heavy atom. The number of carbonyl (C=O) groups is 2. The minimum atomic E-state index is -1.38. The van der Waals surface area contributed by atoms with Gasteiger partial charge in [0, 0.05) is 33.0 Å². The van der Waals surface area contributed by atoms with E-state index in [1.54, 1.807) is 14.2 Å². The third-order valence-corrected chi connectivity index (χ3v) is 2.64. The van der Waals surface area contributed by atoms with Crippen molar-refractivity contribution in [1.29, 1.82) is 0 Å². The molecule has 0 atom stereocenters. The highest BCUT2D eigenvalue weighted by Gasteiger charge is 2.13. The first-order chi connectivity index (χ1) is 9.45. The van der Waals surface area contributed by atoms with Gasteiger partial charge in [-0.25, -0.2) is 14.0 Å². The number of carboxylic acids is 1. The molecule has 20 heavy (non-hydrogen) atoms. The van der Waals surface area contributed by atoms with Crippen LogP contribution < -0.4 is 5.32 Å². The normalized spacial score (nSPS) is 10.2. The Balaban J connectivity index is 2.66. The summed E-state index contributed by atoms with van der Waals surface area (Å²) in [6.45, 7) is 1.03. The van der Waals surface area contributed by atoms with Crippen LogP contribution in [0.4, 0.5) is 14.9 Å². The molecule has 0 aromatic heterocycles. The maximum Gasteiger partial charge on any atom is 0.338 e. The average molecular weight is 284 g/mol. The third-order valence-electron chi connectivity index (χ3n) is 2.64. The van der Waals surface area contributed by atoms with E-state index in [0.717, 1.165) is 12.1 Å². The van der Waals surface area contributed by atoms with Crippen LogP contribution in [0.5, 0.6) is 0 Å². The standard InChI is InChI=1S/C13H17FN2O4/c1-16(6-3-7-20-2)13(19)15-9-4-5-11(14)10(8-9)12(17)18/h4-5,8H,3,6-7H2,1-2H3,(H,15,19)(H,17,18). The molecule has 1 aromatic rings. The Morgan fingerprint density at radius 2 is 2.15 bits per heavy atom. The number of aromatic carboxylic acids is 1. The second kappa shape index (κ2) is 7.44. The molecule has 2 N–H and O–H groups in total. The van der Waals surface area contributed by atoms with Crippen molar-refractivity contribution in [1.82, 2.24) is 4.90 Å². The van der Waals surface area contributed by atoms with Gasteiger partial charge in [0.1, 0.15) is 5.82 Å². The maximum absolute atomic E-state index is 13.2. The Bertz CT molecular complexity index is 493. The molecule has 0 heterocycles. The molecule has 0 fully saturated rings. The van der Waals surface area contributed by atoms with Crippen molar-refractivity contribution in [3.63, 3.8) is 0 Å². The number of amides is 2. The molecule has 7 heteroatoms. The summed E-state index contributed by atoms with van der Waals surface area (Å²) in [5.74, 6) is -2.23. The average Bonchev–Trinajstić information content (AvgIpc) is 2.40. The quantitative estimate of drug-likeness (QED) is 0.783. The van der Waals surface area contributed by atoms with Crippen molar-refractivity contribution < 1.29 is 23.8 Å². The van der Waals surface area contributed by atoms with Crippen molar-refractivity contribution in [2.24, 2.45) is 0 Å². The number of hydrogen-bond acceptors (Lipinski definition) is 3. The Morgan fingerprint density at radius 3 is 2.75 bits per heavy atom. The largest absolute Gasteiger partial charge is 0.478 e. The zero-order valence-electron chi connectivity index (χ0n) is 11.4. The smallest absolute Gasteiger partial charge is 0.338 e. The first kappa shape index (κ1) is 15.9. The minimum Gasteiger partial charge on any atom is -0.478 e. The number of ether oxygens (including phenoxy) is 1. The highest BCUT2D eigenvalue weighted by molar-refractivity contribution is 5.93. The van der Waals surface area contributed by atoms with Crippen LogP contribution in [0.15, 0.2) is 18.2 Å². The zero-order valence-corrected chi connectivity index (χ0v) is 11.4. The first-order valence-electron chi connectivity index (χ1n) is 5.99. The second-order valence-corrected chi connectivity index (χ2v) is 4.20. The number of hydrogen-bond donors (Lipinski definition) is 2. The molecule has 2 amide bonds. The summed E-state index contributed by atoms with van der Waals surface area (Å²) in [4.78, 5) is 24.0. The van der Waals surface area contributed by atoms with E-state index in [0.29, 0.717) is 19.6 Å². The van der Waals surface area contributed by atoms with Gasteiger partial charge in [-0.2, -0.15) is 0 Å². The van der Waals surface area contributed by atoms with Crippen LogP contribution in [0.25, 0.3) is 0 Å². The molecule has 1 rings (SSSR count). The van der Waals surface area contributed by atoms with Crippen molar-refractivity contribution in [3.05, 3.63) is 29.6 Å². The van der Waals surface area contributed by atoms with E-state index in [2.05, 4.69) is 5.32 Å². The number of halogens is 1. The fourth-order valence-corrected chi connectivity index (χ4v) is 1.53. The number of rotatable bonds is 6. The summed E-state index contributed by atoms with van der Waals surface area (Å²) in [5, 5.41) is 11.3. The van der Waals surface area contributed by atoms with Gasteiger partial charge in [0.2, 0.25) is 0 Å². The van der Waals surface area contributed by atoms with Crippen molar-refractivity contribution in [2.75, 3.05) is 32.6 Å². The number of anilines is 1. The molecule has 0 aliphatic heterocycles. The molecular weight excluding hydrogens is 267 g/mol. The van der Waals surface area contributed by atoms with Crippen LogP contribution in [0.2, 0.25) is 0 Å². The number of carbonyl (C=O) groups excluding carboxylic acids is 1. The molecule has 0 bridgehead atoms. The highest BCUT2D eigenvalue weighted by Crippen LogP contribution is 2.15. The maximum atomic E-state index is 13.2. The van der Waals surface area contributed by atoms with Crippen LogP contribution in [-0.4, -0.2) is 49.3 Å². The molecule has 0 aliphatic carbocycles. The summed E-state index contributed by atoms with van der Waals surface area (Å²) < 4.78 is 18.1.